The predicted molar refractivity (Wildman–Crippen MR) is 48.7 cm³/mol. The van der Waals surface area contributed by atoms with Gasteiger partial charge in [-0.15, -0.1) is 0 Å². The number of nitrogens with two attached hydrogens (primary N) is 2. The van der Waals surface area contributed by atoms with E-state index < -0.39 is 23.1 Å². The lowest BCUT2D eigenvalue weighted by molar-refractivity contribution is 0.256. The van der Waals surface area contributed by atoms with Crippen LogP contribution in [0.4, 0.5) is 4.79 Å². The summed E-state index contributed by atoms with van der Waals surface area (Å²) in [5, 5.41) is 6.50. The van der Waals surface area contributed by atoms with E-state index >= 15 is 0 Å². The second-order valence-electron chi connectivity index (χ2n) is 1.76. The molecule has 10 nitrogen and oxygen atoms in total. The van der Waals surface area contributed by atoms with Gasteiger partial charge in [0.15, 0.2) is 0 Å². The number of amides is 2. The molecule has 15 heavy (non-hydrogen) atoms. The van der Waals surface area contributed by atoms with Crippen LogP contribution in [0.1, 0.15) is 0 Å². The van der Waals surface area contributed by atoms with Gasteiger partial charge in [0.05, 0.1) is 0 Å². The van der Waals surface area contributed by atoms with Crippen LogP contribution >= 0.6 is 0 Å². The van der Waals surface area contributed by atoms with Crippen LogP contribution in [-0.2, 0) is 0 Å². The van der Waals surface area contributed by atoms with Crippen LogP contribution in [0.25, 0.3) is 0 Å². The number of H-pyrrole nitrogens is 3. The highest BCUT2D eigenvalue weighted by Gasteiger charge is 1.84. The van der Waals surface area contributed by atoms with Crippen LogP contribution in [0.5, 0.6) is 0 Å². The molecule has 0 radical (unpaired) electrons. The molecule has 10 heteroatoms. The zero-order valence-electron chi connectivity index (χ0n) is 7.31. The van der Waals surface area contributed by atoms with Crippen molar-refractivity contribution in [2.75, 3.05) is 0 Å². The molecular weight excluding hydrogens is 208 g/mol. The lowest BCUT2D eigenvalue weighted by Crippen LogP contribution is -2.34. The van der Waals surface area contributed by atoms with Gasteiger partial charge in [-0.3, -0.25) is 15.0 Å². The van der Waals surface area contributed by atoms with E-state index in [1.54, 1.807) is 15.0 Å². The van der Waals surface area contributed by atoms with E-state index in [0.29, 0.717) is 0 Å². The minimum atomic E-state index is -0.833. The summed E-state index contributed by atoms with van der Waals surface area (Å²) in [5.41, 5.74) is 6.09. The largest absolute Gasteiger partial charge is 0.352 e. The van der Waals surface area contributed by atoms with Crippen molar-refractivity contribution in [3.05, 3.63) is 31.5 Å². The van der Waals surface area contributed by atoms with Gasteiger partial charge < -0.3 is 11.5 Å². The summed E-state index contributed by atoms with van der Waals surface area (Å²) in [6.45, 7) is 3.50. The van der Waals surface area contributed by atoms with E-state index in [1.807, 2.05) is 0 Å². The average Bonchev–Trinajstić information content (AvgIpc) is 2.03. The van der Waals surface area contributed by atoms with Crippen molar-refractivity contribution in [3.63, 3.8) is 0 Å². The molecule has 7 N–H and O–H groups in total. The van der Waals surface area contributed by atoms with E-state index in [9.17, 15) is 14.4 Å². The number of aromatic nitrogens is 3. The van der Waals surface area contributed by atoms with Gasteiger partial charge in [-0.2, -0.15) is 0 Å². The van der Waals surface area contributed by atoms with E-state index in [4.69, 9.17) is 10.1 Å². The fourth-order valence-corrected chi connectivity index (χ4v) is 0.403. The van der Waals surface area contributed by atoms with Crippen molar-refractivity contribution in [1.82, 2.24) is 15.0 Å². The number of rotatable bonds is 0. The van der Waals surface area contributed by atoms with Gasteiger partial charge in [0.2, 0.25) is 0 Å². The van der Waals surface area contributed by atoms with Gasteiger partial charge in [0, 0.05) is 6.57 Å². The number of hydrogen-bond donors (Lipinski definition) is 5. The van der Waals surface area contributed by atoms with Crippen LogP contribution in [0.2, 0.25) is 0 Å². The highest BCUT2D eigenvalue weighted by molar-refractivity contribution is 5.69. The summed E-state index contributed by atoms with van der Waals surface area (Å²) in [4.78, 5) is 44.9. The first-order valence-electron chi connectivity index (χ1n) is 3.15. The number of carbonyl (C=O) groups is 1. The fourth-order valence-electron chi connectivity index (χ4n) is 0.403. The first-order valence-corrected chi connectivity index (χ1v) is 3.15. The number of nitrogens with one attached hydrogen (secondary N) is 3. The normalized spacial score (nSPS) is 7.33. The number of nitrogens with zero attached hydrogens (tertiary/aromatic N) is 1. The Morgan fingerprint density at radius 1 is 0.933 bits per heavy atom. The molecule has 0 spiro atoms. The molecule has 0 aromatic carbocycles. The monoisotopic (exact) mass is 216 g/mol. The maximum absolute atomic E-state index is 10.2. The Hall–Kier alpha value is -2.83. The maximum atomic E-state index is 10.2. The molecule has 0 aliphatic heterocycles. The van der Waals surface area contributed by atoms with Crippen LogP contribution in [-0.4, -0.2) is 21.0 Å². The molecule has 0 bridgehead atoms. The molecule has 0 unspecified atom stereocenters. The van der Waals surface area contributed by atoms with Crippen molar-refractivity contribution in [1.29, 1.82) is 5.26 Å². The SMILES string of the molecule is C#N.NC(N)=O.O=c1[nH]c(=O)[nH]c(=O)[nH]1. The minimum absolute atomic E-state index is 0.802. The first-order chi connectivity index (χ1) is 6.91. The standard InChI is InChI=1S/C3H3N3O3.CH4N2O.CHN/c7-1-4-2(8)6-3(9)5-1;2-1(3)4;1-2/h(H3,4,5,6,7,8,9);(H4,2,3,4);1H. The van der Waals surface area contributed by atoms with Gasteiger partial charge in [0.25, 0.3) is 0 Å². The molecule has 0 saturated heterocycles. The van der Waals surface area contributed by atoms with Gasteiger partial charge >= 0.3 is 23.1 Å². The second-order valence-corrected chi connectivity index (χ2v) is 1.76. The Bertz CT molecular complexity index is 396. The molecule has 1 rings (SSSR count). The molecule has 82 valence electrons. The molecule has 1 aromatic heterocycles. The Labute approximate surface area is 81.6 Å². The third-order valence-electron chi connectivity index (χ3n) is 0.681. The molecule has 0 aliphatic carbocycles. The zero-order valence-corrected chi connectivity index (χ0v) is 7.31. The fraction of sp³-hybridized carbons (Fsp3) is 0. The Morgan fingerprint density at radius 2 is 1.07 bits per heavy atom. The maximum Gasteiger partial charge on any atom is 0.330 e. The van der Waals surface area contributed by atoms with Gasteiger partial charge in [-0.25, -0.2) is 24.4 Å². The third kappa shape index (κ3) is 11.2. The van der Waals surface area contributed by atoms with Crippen LogP contribution in [0, 0.1) is 11.8 Å². The van der Waals surface area contributed by atoms with Crippen LogP contribution in [0.15, 0.2) is 14.4 Å². The van der Waals surface area contributed by atoms with Crippen molar-refractivity contribution < 1.29 is 4.79 Å². The molecule has 0 saturated carbocycles. The van der Waals surface area contributed by atoms with E-state index in [0.717, 1.165) is 0 Å². The highest BCUT2D eigenvalue weighted by Crippen LogP contribution is 1.29. The number of carbonyl (C=O) groups excluding carboxylic acids is 1. The molecule has 0 atom stereocenters. The molecule has 1 aromatic rings. The molecule has 0 aliphatic rings. The van der Waals surface area contributed by atoms with Crippen LogP contribution in [0.3, 0.4) is 0 Å². The van der Waals surface area contributed by atoms with E-state index in [2.05, 4.69) is 18.0 Å². The number of nitriles is 1. The van der Waals surface area contributed by atoms with Gasteiger partial charge in [-0.1, -0.05) is 0 Å². The molecule has 1 heterocycles. The summed E-state index contributed by atoms with van der Waals surface area (Å²) in [6, 6.07) is -0.833. The van der Waals surface area contributed by atoms with Crippen molar-refractivity contribution in [2.24, 2.45) is 11.5 Å². The van der Waals surface area contributed by atoms with E-state index in [1.165, 1.54) is 0 Å². The number of hydrogen-bond acceptors (Lipinski definition) is 5. The number of aromatic amines is 3. The summed E-state index contributed by atoms with van der Waals surface area (Å²) < 4.78 is 0. The summed E-state index contributed by atoms with van der Waals surface area (Å²) >= 11 is 0. The molecular formula is C5H8N6O4. The Balaban J connectivity index is 0. The number of primary amides is 2. The van der Waals surface area contributed by atoms with E-state index in [-0.39, 0.29) is 0 Å². The summed E-state index contributed by atoms with van der Waals surface area (Å²) in [5.74, 6) is 0. The first kappa shape index (κ1) is 14.7. The van der Waals surface area contributed by atoms with Gasteiger partial charge in [0.1, 0.15) is 0 Å². The quantitative estimate of drug-likeness (QED) is 0.306. The zero-order chi connectivity index (χ0) is 12.4. The smallest absolute Gasteiger partial charge is 0.330 e. The lowest BCUT2D eigenvalue weighted by atomic mass is 11.0. The Kier molecular flexibility index (Phi) is 7.63. The molecule has 0 fully saturated rings. The predicted octanol–water partition coefficient (Wildman–Crippen LogP) is -3.08. The summed E-state index contributed by atoms with van der Waals surface area (Å²) in [6.07, 6.45) is 0. The average molecular weight is 216 g/mol. The highest BCUT2D eigenvalue weighted by atomic mass is 16.2. The molecule has 2 amide bonds. The summed E-state index contributed by atoms with van der Waals surface area (Å²) in [7, 11) is 0. The van der Waals surface area contributed by atoms with Gasteiger partial charge in [-0.05, 0) is 0 Å². The third-order valence-corrected chi connectivity index (χ3v) is 0.681. The minimum Gasteiger partial charge on any atom is -0.352 e. The lowest BCUT2D eigenvalue weighted by Gasteiger charge is -1.77. The topological polar surface area (TPSA) is 191 Å². The van der Waals surface area contributed by atoms with Crippen molar-refractivity contribution >= 4 is 6.03 Å². The van der Waals surface area contributed by atoms with Crippen molar-refractivity contribution in [2.45, 2.75) is 0 Å². The van der Waals surface area contributed by atoms with Crippen LogP contribution < -0.4 is 28.5 Å². The van der Waals surface area contributed by atoms with Crippen molar-refractivity contribution in [3.8, 4) is 6.57 Å². The Morgan fingerprint density at radius 3 is 1.20 bits per heavy atom. The second kappa shape index (κ2) is 7.80. The number of urea groups is 1.